The van der Waals surface area contributed by atoms with Crippen LogP contribution in [0, 0.1) is 0 Å². The molecule has 20 heavy (non-hydrogen) atoms. The van der Waals surface area contributed by atoms with Gasteiger partial charge in [0.25, 0.3) is 0 Å². The van der Waals surface area contributed by atoms with Gasteiger partial charge in [-0.15, -0.1) is 0 Å². The molecule has 2 aliphatic heterocycles. The highest BCUT2D eigenvalue weighted by Crippen LogP contribution is 2.24. The number of nitrogens with two attached hydrogens (primary N) is 1. The molecule has 108 valence electrons. The average Bonchev–Trinajstić information content (AvgIpc) is 2.81. The van der Waals surface area contributed by atoms with Gasteiger partial charge in [0.15, 0.2) is 0 Å². The van der Waals surface area contributed by atoms with Crippen LogP contribution in [0.4, 0.5) is 5.69 Å². The molecule has 0 radical (unpaired) electrons. The van der Waals surface area contributed by atoms with Crippen LogP contribution >= 0.6 is 0 Å². The number of nitrogens with one attached hydrogen (secondary N) is 1. The Bertz CT molecular complexity index is 495. The molecule has 2 aliphatic rings. The van der Waals surface area contributed by atoms with E-state index in [1.807, 2.05) is 6.07 Å². The van der Waals surface area contributed by atoms with Crippen molar-refractivity contribution in [3.8, 4) is 0 Å². The zero-order valence-corrected chi connectivity index (χ0v) is 11.8. The Kier molecular flexibility index (Phi) is 4.00. The van der Waals surface area contributed by atoms with Crippen LogP contribution in [0.5, 0.6) is 0 Å². The maximum absolute atomic E-state index is 11.4. The molecule has 0 unspecified atom stereocenters. The third-order valence-corrected chi connectivity index (χ3v) is 4.11. The summed E-state index contributed by atoms with van der Waals surface area (Å²) in [5, 5.41) is 2.88. The maximum Gasteiger partial charge on any atom is 0.228 e. The van der Waals surface area contributed by atoms with Crippen molar-refractivity contribution in [1.29, 1.82) is 0 Å². The molecule has 3 rings (SSSR count). The Labute approximate surface area is 119 Å². The molecule has 5 heteroatoms. The minimum Gasteiger partial charge on any atom is -0.329 e. The lowest BCUT2D eigenvalue weighted by Crippen LogP contribution is -2.47. The molecule has 1 fully saturated rings. The molecule has 0 atom stereocenters. The Morgan fingerprint density at radius 3 is 2.65 bits per heavy atom. The Balaban J connectivity index is 1.57. The summed E-state index contributed by atoms with van der Waals surface area (Å²) in [5.74, 6) is 0.104. The highest BCUT2D eigenvalue weighted by Gasteiger charge is 2.19. The fraction of sp³-hybridized carbons (Fsp3) is 0.533. The van der Waals surface area contributed by atoms with Crippen molar-refractivity contribution in [2.75, 3.05) is 44.6 Å². The highest BCUT2D eigenvalue weighted by atomic mass is 16.1. The molecule has 2 heterocycles. The lowest BCUT2D eigenvalue weighted by Gasteiger charge is -2.34. The molecule has 1 aromatic rings. The van der Waals surface area contributed by atoms with E-state index in [1.54, 1.807) is 0 Å². The van der Waals surface area contributed by atoms with E-state index in [4.69, 9.17) is 5.73 Å². The first-order valence-corrected chi connectivity index (χ1v) is 7.31. The monoisotopic (exact) mass is 274 g/mol. The largest absolute Gasteiger partial charge is 0.329 e. The Morgan fingerprint density at radius 1 is 1.15 bits per heavy atom. The van der Waals surface area contributed by atoms with Crippen molar-refractivity contribution in [1.82, 2.24) is 9.80 Å². The molecule has 0 aromatic heterocycles. The van der Waals surface area contributed by atoms with Gasteiger partial charge >= 0.3 is 0 Å². The lowest BCUT2D eigenvalue weighted by molar-refractivity contribution is -0.115. The van der Waals surface area contributed by atoms with Crippen LogP contribution < -0.4 is 11.1 Å². The number of carbonyl (C=O) groups is 1. The van der Waals surface area contributed by atoms with Gasteiger partial charge in [-0.25, -0.2) is 0 Å². The van der Waals surface area contributed by atoms with Crippen LogP contribution in [-0.4, -0.2) is 55.0 Å². The fourth-order valence-corrected chi connectivity index (χ4v) is 2.99. The standard InChI is InChI=1S/C15H22N4O/c16-3-4-18-5-7-19(8-6-18)11-12-1-2-14-13(9-12)10-15(20)17-14/h1-2,9H,3-8,10-11,16H2,(H,17,20). The summed E-state index contributed by atoms with van der Waals surface area (Å²) in [6.07, 6.45) is 0.521. The first kappa shape index (κ1) is 13.5. The van der Waals surface area contributed by atoms with Gasteiger partial charge in [-0.2, -0.15) is 0 Å². The number of rotatable bonds is 4. The van der Waals surface area contributed by atoms with E-state index in [1.165, 1.54) is 5.56 Å². The van der Waals surface area contributed by atoms with Crippen molar-refractivity contribution in [2.45, 2.75) is 13.0 Å². The number of amides is 1. The highest BCUT2D eigenvalue weighted by molar-refractivity contribution is 5.99. The Hall–Kier alpha value is -1.43. The average molecular weight is 274 g/mol. The lowest BCUT2D eigenvalue weighted by atomic mass is 10.1. The van der Waals surface area contributed by atoms with Gasteiger partial charge in [0.2, 0.25) is 5.91 Å². The van der Waals surface area contributed by atoms with Gasteiger partial charge < -0.3 is 11.1 Å². The topological polar surface area (TPSA) is 61.6 Å². The molecule has 3 N–H and O–H groups in total. The van der Waals surface area contributed by atoms with E-state index in [9.17, 15) is 4.79 Å². The van der Waals surface area contributed by atoms with Crippen molar-refractivity contribution in [3.63, 3.8) is 0 Å². The number of benzene rings is 1. The second kappa shape index (κ2) is 5.91. The number of hydrogen-bond donors (Lipinski definition) is 2. The predicted octanol–water partition coefficient (Wildman–Crippen LogP) is 0.258. The molecule has 1 amide bonds. The second-order valence-corrected chi connectivity index (χ2v) is 5.62. The third kappa shape index (κ3) is 3.00. The number of anilines is 1. The SMILES string of the molecule is NCCN1CCN(Cc2ccc3c(c2)CC(=O)N3)CC1. The zero-order valence-electron chi connectivity index (χ0n) is 11.8. The molecular formula is C15H22N4O. The number of fused-ring (bicyclic) bond motifs is 1. The maximum atomic E-state index is 11.4. The van der Waals surface area contributed by atoms with Crippen LogP contribution in [0.1, 0.15) is 11.1 Å². The van der Waals surface area contributed by atoms with Gasteiger partial charge in [-0.05, 0) is 17.2 Å². The molecule has 0 spiro atoms. The van der Waals surface area contributed by atoms with Gasteiger partial charge in [0.1, 0.15) is 0 Å². The summed E-state index contributed by atoms with van der Waals surface area (Å²) >= 11 is 0. The van der Waals surface area contributed by atoms with Crippen molar-refractivity contribution in [2.24, 2.45) is 5.73 Å². The van der Waals surface area contributed by atoms with E-state index in [0.717, 1.165) is 57.1 Å². The minimum atomic E-state index is 0.104. The predicted molar refractivity (Wildman–Crippen MR) is 79.5 cm³/mol. The van der Waals surface area contributed by atoms with Gasteiger partial charge in [0.05, 0.1) is 6.42 Å². The van der Waals surface area contributed by atoms with Gasteiger partial charge in [0, 0.05) is 51.5 Å². The van der Waals surface area contributed by atoms with E-state index in [-0.39, 0.29) is 5.91 Å². The third-order valence-electron chi connectivity index (χ3n) is 4.11. The Morgan fingerprint density at radius 2 is 1.90 bits per heavy atom. The first-order valence-electron chi connectivity index (χ1n) is 7.31. The fourth-order valence-electron chi connectivity index (χ4n) is 2.99. The zero-order chi connectivity index (χ0) is 13.9. The quantitative estimate of drug-likeness (QED) is 0.827. The van der Waals surface area contributed by atoms with Crippen LogP contribution in [-0.2, 0) is 17.8 Å². The van der Waals surface area contributed by atoms with E-state index in [0.29, 0.717) is 6.42 Å². The summed E-state index contributed by atoms with van der Waals surface area (Å²) in [6.45, 7) is 7.09. The molecule has 5 nitrogen and oxygen atoms in total. The van der Waals surface area contributed by atoms with Crippen LogP contribution in [0.3, 0.4) is 0 Å². The number of piperazine rings is 1. The summed E-state index contributed by atoms with van der Waals surface area (Å²) < 4.78 is 0. The second-order valence-electron chi connectivity index (χ2n) is 5.62. The van der Waals surface area contributed by atoms with E-state index in [2.05, 4.69) is 27.2 Å². The molecule has 1 aromatic carbocycles. The number of hydrogen-bond acceptors (Lipinski definition) is 4. The molecular weight excluding hydrogens is 252 g/mol. The molecule has 0 aliphatic carbocycles. The molecule has 1 saturated heterocycles. The summed E-state index contributed by atoms with van der Waals surface area (Å²) in [6, 6.07) is 6.32. The summed E-state index contributed by atoms with van der Waals surface area (Å²) in [5.41, 5.74) is 9.00. The van der Waals surface area contributed by atoms with Crippen molar-refractivity contribution in [3.05, 3.63) is 29.3 Å². The van der Waals surface area contributed by atoms with E-state index >= 15 is 0 Å². The first-order chi connectivity index (χ1) is 9.74. The normalized spacial score (nSPS) is 19.9. The molecule has 0 bridgehead atoms. The van der Waals surface area contributed by atoms with Crippen LogP contribution in [0.2, 0.25) is 0 Å². The number of nitrogens with zero attached hydrogens (tertiary/aromatic N) is 2. The van der Waals surface area contributed by atoms with Gasteiger partial charge in [-0.1, -0.05) is 12.1 Å². The van der Waals surface area contributed by atoms with Crippen LogP contribution in [0.15, 0.2) is 18.2 Å². The van der Waals surface area contributed by atoms with Crippen molar-refractivity contribution >= 4 is 11.6 Å². The van der Waals surface area contributed by atoms with Gasteiger partial charge in [-0.3, -0.25) is 14.6 Å². The van der Waals surface area contributed by atoms with Crippen molar-refractivity contribution < 1.29 is 4.79 Å². The van der Waals surface area contributed by atoms with E-state index < -0.39 is 0 Å². The smallest absolute Gasteiger partial charge is 0.228 e. The number of carbonyl (C=O) groups excluding carboxylic acids is 1. The molecule has 0 saturated carbocycles. The minimum absolute atomic E-state index is 0.104. The van der Waals surface area contributed by atoms with Crippen LogP contribution in [0.25, 0.3) is 0 Å². The summed E-state index contributed by atoms with van der Waals surface area (Å²) in [4.78, 5) is 16.3. The summed E-state index contributed by atoms with van der Waals surface area (Å²) in [7, 11) is 0.